The molecule has 1 amide bonds. The number of carbonyl (C=O) groups excluding carboxylic acids is 1. The molecule has 0 aliphatic carbocycles. The summed E-state index contributed by atoms with van der Waals surface area (Å²) in [5.41, 5.74) is -0.772. The first-order valence-electron chi connectivity index (χ1n) is 6.99. The summed E-state index contributed by atoms with van der Waals surface area (Å²) in [6.45, 7) is 2.37. The Balaban J connectivity index is 2.17. The zero-order valence-electron chi connectivity index (χ0n) is 12.5. The Bertz CT molecular complexity index is 518. The molecular weight excluding hydrogens is 297 g/mol. The van der Waals surface area contributed by atoms with Gasteiger partial charge in [0.2, 0.25) is 5.91 Å². The minimum Gasteiger partial charge on any atom is -0.359 e. The molecule has 8 heteroatoms. The van der Waals surface area contributed by atoms with E-state index in [1.807, 2.05) is 16.8 Å². The number of halogens is 3. The number of pyridine rings is 1. The number of amides is 1. The van der Waals surface area contributed by atoms with Gasteiger partial charge in [-0.2, -0.15) is 13.2 Å². The number of nitrogens with one attached hydrogen (secondary N) is 1. The molecule has 1 unspecified atom stereocenters. The summed E-state index contributed by atoms with van der Waals surface area (Å²) in [6.07, 6.45) is -3.56. The van der Waals surface area contributed by atoms with E-state index in [-0.39, 0.29) is 11.8 Å². The van der Waals surface area contributed by atoms with Crippen LogP contribution in [-0.2, 0) is 11.0 Å². The van der Waals surface area contributed by atoms with Crippen LogP contribution >= 0.6 is 0 Å². The van der Waals surface area contributed by atoms with Crippen LogP contribution in [0.25, 0.3) is 0 Å². The Hall–Kier alpha value is -1.83. The average molecular weight is 316 g/mol. The number of carbonyl (C=O) groups is 1. The van der Waals surface area contributed by atoms with Crippen LogP contribution in [0.3, 0.4) is 0 Å². The molecule has 0 spiro atoms. The highest BCUT2D eigenvalue weighted by Gasteiger charge is 2.31. The van der Waals surface area contributed by atoms with Crippen LogP contribution in [0, 0.1) is 5.92 Å². The Kier molecular flexibility index (Phi) is 4.90. The standard InChI is InChI=1S/C14H19F3N4O/c1-18-13(22)10-8-20(2)5-6-21(9-10)12-4-3-11(7-19-12)14(15,16)17/h3-4,7,10H,5-6,8-9H2,1-2H3,(H,18,22). The fraction of sp³-hybridized carbons (Fsp3) is 0.571. The minimum atomic E-state index is -4.39. The number of anilines is 1. The van der Waals surface area contributed by atoms with E-state index < -0.39 is 11.7 Å². The summed E-state index contributed by atoms with van der Waals surface area (Å²) in [7, 11) is 3.49. The van der Waals surface area contributed by atoms with Crippen LogP contribution in [-0.4, -0.2) is 56.1 Å². The lowest BCUT2D eigenvalue weighted by Crippen LogP contribution is -2.39. The molecule has 0 bridgehead atoms. The molecule has 1 saturated heterocycles. The van der Waals surface area contributed by atoms with Gasteiger partial charge in [0.1, 0.15) is 5.82 Å². The summed E-state index contributed by atoms with van der Waals surface area (Å²) in [6, 6.07) is 2.38. The lowest BCUT2D eigenvalue weighted by molar-refractivity contribution is -0.137. The van der Waals surface area contributed by atoms with Crippen molar-refractivity contribution in [2.24, 2.45) is 5.92 Å². The van der Waals surface area contributed by atoms with Crippen molar-refractivity contribution in [3.8, 4) is 0 Å². The second-order valence-corrected chi connectivity index (χ2v) is 5.42. The van der Waals surface area contributed by atoms with Crippen LogP contribution in [0.1, 0.15) is 5.56 Å². The van der Waals surface area contributed by atoms with Gasteiger partial charge in [0.25, 0.3) is 0 Å². The third kappa shape index (κ3) is 3.88. The van der Waals surface area contributed by atoms with E-state index in [1.54, 1.807) is 7.05 Å². The van der Waals surface area contributed by atoms with Gasteiger partial charge in [-0.15, -0.1) is 0 Å². The highest BCUT2D eigenvalue weighted by Crippen LogP contribution is 2.29. The molecule has 1 fully saturated rings. The van der Waals surface area contributed by atoms with Gasteiger partial charge < -0.3 is 15.1 Å². The summed E-state index contributed by atoms with van der Waals surface area (Å²) in [4.78, 5) is 19.7. The average Bonchev–Trinajstić information content (AvgIpc) is 2.68. The lowest BCUT2D eigenvalue weighted by Gasteiger charge is -2.24. The summed E-state index contributed by atoms with van der Waals surface area (Å²) in [5.74, 6) is 0.129. The molecule has 0 saturated carbocycles. The molecule has 22 heavy (non-hydrogen) atoms. The summed E-state index contributed by atoms with van der Waals surface area (Å²) in [5, 5.41) is 2.62. The third-order valence-electron chi connectivity index (χ3n) is 3.74. The van der Waals surface area contributed by atoms with E-state index in [0.29, 0.717) is 25.5 Å². The number of aromatic nitrogens is 1. The van der Waals surface area contributed by atoms with Crippen LogP contribution in [0.5, 0.6) is 0 Å². The molecule has 1 aliphatic heterocycles. The number of rotatable bonds is 2. The van der Waals surface area contributed by atoms with Crippen molar-refractivity contribution in [3.05, 3.63) is 23.9 Å². The van der Waals surface area contributed by atoms with Crippen LogP contribution in [0.15, 0.2) is 18.3 Å². The normalized spacial score (nSPS) is 20.6. The van der Waals surface area contributed by atoms with Crippen molar-refractivity contribution >= 4 is 11.7 Å². The highest BCUT2D eigenvalue weighted by atomic mass is 19.4. The van der Waals surface area contributed by atoms with Crippen LogP contribution < -0.4 is 10.2 Å². The topological polar surface area (TPSA) is 48.5 Å². The maximum Gasteiger partial charge on any atom is 0.417 e. The fourth-order valence-electron chi connectivity index (χ4n) is 2.49. The molecule has 0 radical (unpaired) electrons. The SMILES string of the molecule is CNC(=O)C1CN(C)CCN(c2ccc(C(F)(F)F)cn2)C1. The molecular formula is C14H19F3N4O. The number of hydrogen-bond acceptors (Lipinski definition) is 4. The van der Waals surface area contributed by atoms with Gasteiger partial charge in [-0.1, -0.05) is 0 Å². The van der Waals surface area contributed by atoms with Gasteiger partial charge in [-0.05, 0) is 19.2 Å². The smallest absolute Gasteiger partial charge is 0.359 e. The predicted molar refractivity (Wildman–Crippen MR) is 76.5 cm³/mol. The van der Waals surface area contributed by atoms with Gasteiger partial charge in [0, 0.05) is 39.4 Å². The second kappa shape index (κ2) is 6.51. The van der Waals surface area contributed by atoms with E-state index in [0.717, 1.165) is 18.8 Å². The van der Waals surface area contributed by atoms with Crippen molar-refractivity contribution in [2.45, 2.75) is 6.18 Å². The van der Waals surface area contributed by atoms with Gasteiger partial charge in [-0.3, -0.25) is 4.79 Å². The molecule has 1 aromatic heterocycles. The Morgan fingerprint density at radius 2 is 2.05 bits per heavy atom. The van der Waals surface area contributed by atoms with E-state index in [2.05, 4.69) is 10.3 Å². The van der Waals surface area contributed by atoms with Crippen molar-refractivity contribution in [2.75, 3.05) is 45.2 Å². The maximum absolute atomic E-state index is 12.6. The zero-order chi connectivity index (χ0) is 16.3. The van der Waals surface area contributed by atoms with Gasteiger partial charge >= 0.3 is 6.18 Å². The number of likely N-dealkylation sites (N-methyl/N-ethyl adjacent to an activating group) is 1. The maximum atomic E-state index is 12.6. The molecule has 5 nitrogen and oxygen atoms in total. The van der Waals surface area contributed by atoms with Crippen molar-refractivity contribution in [3.63, 3.8) is 0 Å². The van der Waals surface area contributed by atoms with Gasteiger partial charge in [0.15, 0.2) is 0 Å². The van der Waals surface area contributed by atoms with Crippen molar-refractivity contribution in [1.29, 1.82) is 0 Å². The minimum absolute atomic E-state index is 0.0781. The van der Waals surface area contributed by atoms with E-state index in [1.165, 1.54) is 6.07 Å². The summed E-state index contributed by atoms with van der Waals surface area (Å²) < 4.78 is 37.7. The zero-order valence-corrected chi connectivity index (χ0v) is 12.5. The van der Waals surface area contributed by atoms with Crippen molar-refractivity contribution < 1.29 is 18.0 Å². The van der Waals surface area contributed by atoms with E-state index in [4.69, 9.17) is 0 Å². The van der Waals surface area contributed by atoms with E-state index in [9.17, 15) is 18.0 Å². The molecule has 1 atom stereocenters. The molecule has 2 heterocycles. The number of alkyl halides is 3. The Labute approximate surface area is 127 Å². The Morgan fingerprint density at radius 3 is 2.59 bits per heavy atom. The molecule has 122 valence electrons. The van der Waals surface area contributed by atoms with Gasteiger partial charge in [0.05, 0.1) is 11.5 Å². The lowest BCUT2D eigenvalue weighted by atomic mass is 10.1. The number of hydrogen-bond donors (Lipinski definition) is 1. The first kappa shape index (κ1) is 16.5. The van der Waals surface area contributed by atoms with Crippen LogP contribution in [0.2, 0.25) is 0 Å². The predicted octanol–water partition coefficient (Wildman–Crippen LogP) is 1.21. The molecule has 2 rings (SSSR count). The summed E-state index contributed by atoms with van der Waals surface area (Å²) >= 11 is 0. The second-order valence-electron chi connectivity index (χ2n) is 5.42. The third-order valence-corrected chi connectivity index (χ3v) is 3.74. The largest absolute Gasteiger partial charge is 0.417 e. The monoisotopic (exact) mass is 316 g/mol. The van der Waals surface area contributed by atoms with E-state index >= 15 is 0 Å². The molecule has 0 aromatic carbocycles. The fourth-order valence-corrected chi connectivity index (χ4v) is 2.49. The number of nitrogens with zero attached hydrogens (tertiary/aromatic N) is 3. The quantitative estimate of drug-likeness (QED) is 0.891. The Morgan fingerprint density at radius 1 is 1.32 bits per heavy atom. The molecule has 1 aliphatic rings. The highest BCUT2D eigenvalue weighted by molar-refractivity contribution is 5.79. The van der Waals surface area contributed by atoms with Crippen molar-refractivity contribution in [1.82, 2.24) is 15.2 Å². The first-order chi connectivity index (χ1) is 10.3. The molecule has 1 aromatic rings. The van der Waals surface area contributed by atoms with Crippen LogP contribution in [0.4, 0.5) is 19.0 Å². The molecule has 1 N–H and O–H groups in total. The first-order valence-corrected chi connectivity index (χ1v) is 6.99. The van der Waals surface area contributed by atoms with Gasteiger partial charge in [-0.25, -0.2) is 4.98 Å².